The Morgan fingerprint density at radius 1 is 0.957 bits per heavy atom. The van der Waals surface area contributed by atoms with Gasteiger partial charge in [0, 0.05) is 32.4 Å². The molecule has 1 atom stereocenters. The number of pyridine rings is 1. The van der Waals surface area contributed by atoms with Crippen molar-refractivity contribution in [2.75, 3.05) is 39.3 Å². The summed E-state index contributed by atoms with van der Waals surface area (Å²) in [5.74, 6) is 0. The first-order valence-corrected chi connectivity index (χ1v) is 8.51. The Labute approximate surface area is 138 Å². The number of hydrogen-bond donors (Lipinski definition) is 1. The van der Waals surface area contributed by atoms with E-state index in [1.807, 2.05) is 12.3 Å². The summed E-state index contributed by atoms with van der Waals surface area (Å²) in [6.07, 6.45) is 2.98. The van der Waals surface area contributed by atoms with Gasteiger partial charge in [0.2, 0.25) is 0 Å². The lowest BCUT2D eigenvalue weighted by Gasteiger charge is -2.39. The minimum atomic E-state index is 0.244. The number of nitrogens with zero attached hydrogens (tertiary/aromatic N) is 3. The highest BCUT2D eigenvalue weighted by Gasteiger charge is 2.26. The molecule has 1 unspecified atom stereocenters. The number of rotatable bonds is 6. The molecule has 1 aliphatic rings. The lowest BCUT2D eigenvalue weighted by molar-refractivity contribution is 0.108. The lowest BCUT2D eigenvalue weighted by atomic mass is 10.0. The van der Waals surface area contributed by atoms with Gasteiger partial charge in [-0.05, 0) is 37.2 Å². The third kappa shape index (κ3) is 4.16. The van der Waals surface area contributed by atoms with Crippen LogP contribution in [-0.2, 0) is 0 Å². The van der Waals surface area contributed by atoms with Gasteiger partial charge < -0.3 is 10.6 Å². The maximum absolute atomic E-state index is 5.63. The molecule has 2 N–H and O–H groups in total. The van der Waals surface area contributed by atoms with E-state index in [-0.39, 0.29) is 6.04 Å². The van der Waals surface area contributed by atoms with E-state index in [1.165, 1.54) is 5.56 Å². The number of aromatic nitrogens is 1. The molecule has 4 heteroatoms. The molecular weight excluding hydrogens is 284 g/mol. The zero-order valence-corrected chi connectivity index (χ0v) is 13.6. The molecule has 0 radical (unpaired) electrons. The van der Waals surface area contributed by atoms with E-state index in [0.29, 0.717) is 0 Å². The molecule has 23 heavy (non-hydrogen) atoms. The lowest BCUT2D eigenvalue weighted by Crippen LogP contribution is -2.48. The molecule has 0 bridgehead atoms. The maximum Gasteiger partial charge on any atom is 0.0777 e. The summed E-state index contributed by atoms with van der Waals surface area (Å²) in [5, 5.41) is 0. The standard InChI is InChI=1S/C19H26N4/c20-10-6-12-22-13-15-23(16-14-22)19(17-7-2-1-3-8-17)18-9-4-5-11-21-18/h1-5,7-9,11,19H,6,10,12-16,20H2. The summed E-state index contributed by atoms with van der Waals surface area (Å²) in [5.41, 5.74) is 8.08. The van der Waals surface area contributed by atoms with E-state index >= 15 is 0 Å². The molecule has 2 aromatic rings. The molecule has 1 aromatic carbocycles. The average molecular weight is 310 g/mol. The zero-order valence-electron chi connectivity index (χ0n) is 13.6. The highest BCUT2D eigenvalue weighted by atomic mass is 15.3. The summed E-state index contributed by atoms with van der Waals surface area (Å²) < 4.78 is 0. The largest absolute Gasteiger partial charge is 0.330 e. The molecule has 4 nitrogen and oxygen atoms in total. The quantitative estimate of drug-likeness (QED) is 0.888. The third-order valence-electron chi connectivity index (χ3n) is 4.53. The summed E-state index contributed by atoms with van der Waals surface area (Å²) in [4.78, 5) is 9.70. The third-order valence-corrected chi connectivity index (χ3v) is 4.53. The van der Waals surface area contributed by atoms with Gasteiger partial charge >= 0.3 is 0 Å². The highest BCUT2D eigenvalue weighted by molar-refractivity contribution is 5.28. The van der Waals surface area contributed by atoms with Crippen molar-refractivity contribution < 1.29 is 0 Å². The van der Waals surface area contributed by atoms with Crippen LogP contribution in [0.25, 0.3) is 0 Å². The van der Waals surface area contributed by atoms with Gasteiger partial charge in [0.15, 0.2) is 0 Å². The van der Waals surface area contributed by atoms with E-state index in [9.17, 15) is 0 Å². The monoisotopic (exact) mass is 310 g/mol. The molecule has 0 spiro atoms. The fourth-order valence-corrected chi connectivity index (χ4v) is 3.30. The van der Waals surface area contributed by atoms with Crippen molar-refractivity contribution in [1.82, 2.24) is 14.8 Å². The van der Waals surface area contributed by atoms with Gasteiger partial charge in [0.1, 0.15) is 0 Å². The van der Waals surface area contributed by atoms with Crippen LogP contribution in [0.2, 0.25) is 0 Å². The molecule has 1 fully saturated rings. The van der Waals surface area contributed by atoms with Crippen LogP contribution >= 0.6 is 0 Å². The maximum atomic E-state index is 5.63. The first-order chi connectivity index (χ1) is 11.4. The van der Waals surface area contributed by atoms with Crippen LogP contribution in [-0.4, -0.2) is 54.1 Å². The van der Waals surface area contributed by atoms with Gasteiger partial charge in [-0.2, -0.15) is 0 Å². The predicted molar refractivity (Wildman–Crippen MR) is 94.2 cm³/mol. The Bertz CT molecular complexity index is 525. The van der Waals surface area contributed by atoms with Crippen molar-refractivity contribution in [1.29, 1.82) is 0 Å². The number of hydrogen-bond acceptors (Lipinski definition) is 4. The second-order valence-corrected chi connectivity index (χ2v) is 6.09. The highest BCUT2D eigenvalue weighted by Crippen LogP contribution is 2.28. The first-order valence-electron chi connectivity index (χ1n) is 8.51. The van der Waals surface area contributed by atoms with Crippen LogP contribution in [0, 0.1) is 0 Å². The van der Waals surface area contributed by atoms with Gasteiger partial charge in [-0.15, -0.1) is 0 Å². The first kappa shape index (κ1) is 16.1. The van der Waals surface area contributed by atoms with Crippen LogP contribution in [0.4, 0.5) is 0 Å². The number of piperazine rings is 1. The Hall–Kier alpha value is -1.75. The second-order valence-electron chi connectivity index (χ2n) is 6.09. The van der Waals surface area contributed by atoms with Crippen molar-refractivity contribution in [3.05, 3.63) is 66.0 Å². The predicted octanol–water partition coefficient (Wildman–Crippen LogP) is 2.14. The van der Waals surface area contributed by atoms with E-state index in [0.717, 1.165) is 51.4 Å². The van der Waals surface area contributed by atoms with Crippen LogP contribution in [0.15, 0.2) is 54.7 Å². The van der Waals surface area contributed by atoms with Crippen molar-refractivity contribution in [3.8, 4) is 0 Å². The molecular formula is C19H26N4. The summed E-state index contributed by atoms with van der Waals surface area (Å²) in [6, 6.07) is 17.2. The van der Waals surface area contributed by atoms with Crippen LogP contribution in [0.3, 0.4) is 0 Å². The van der Waals surface area contributed by atoms with Crippen molar-refractivity contribution in [2.45, 2.75) is 12.5 Å². The smallest absolute Gasteiger partial charge is 0.0777 e. The average Bonchev–Trinajstić information content (AvgIpc) is 2.63. The van der Waals surface area contributed by atoms with Crippen molar-refractivity contribution in [2.24, 2.45) is 5.73 Å². The minimum absolute atomic E-state index is 0.244. The Morgan fingerprint density at radius 3 is 2.35 bits per heavy atom. The van der Waals surface area contributed by atoms with Gasteiger partial charge in [-0.3, -0.25) is 9.88 Å². The van der Waals surface area contributed by atoms with Crippen molar-refractivity contribution >= 4 is 0 Å². The van der Waals surface area contributed by atoms with E-state index < -0.39 is 0 Å². The van der Waals surface area contributed by atoms with E-state index in [2.05, 4.69) is 57.2 Å². The van der Waals surface area contributed by atoms with Crippen LogP contribution in [0.5, 0.6) is 0 Å². The van der Waals surface area contributed by atoms with Crippen LogP contribution < -0.4 is 5.73 Å². The Kier molecular flexibility index (Phi) is 5.75. The molecule has 122 valence electrons. The van der Waals surface area contributed by atoms with Gasteiger partial charge in [0.05, 0.1) is 11.7 Å². The van der Waals surface area contributed by atoms with Crippen LogP contribution in [0.1, 0.15) is 23.7 Å². The second kappa shape index (κ2) is 8.20. The molecule has 0 saturated carbocycles. The van der Waals surface area contributed by atoms with Gasteiger partial charge in [0.25, 0.3) is 0 Å². The fraction of sp³-hybridized carbons (Fsp3) is 0.421. The van der Waals surface area contributed by atoms with E-state index in [4.69, 9.17) is 5.73 Å². The van der Waals surface area contributed by atoms with Gasteiger partial charge in [-0.1, -0.05) is 36.4 Å². The zero-order chi connectivity index (χ0) is 15.9. The summed E-state index contributed by atoms with van der Waals surface area (Å²) in [6.45, 7) is 6.25. The molecule has 0 amide bonds. The molecule has 2 heterocycles. The topological polar surface area (TPSA) is 45.4 Å². The molecule has 1 aliphatic heterocycles. The van der Waals surface area contributed by atoms with Crippen molar-refractivity contribution in [3.63, 3.8) is 0 Å². The Morgan fingerprint density at radius 2 is 1.70 bits per heavy atom. The molecule has 1 saturated heterocycles. The summed E-state index contributed by atoms with van der Waals surface area (Å²) in [7, 11) is 0. The molecule has 1 aromatic heterocycles. The number of nitrogens with two attached hydrogens (primary N) is 1. The fourth-order valence-electron chi connectivity index (χ4n) is 3.30. The van der Waals surface area contributed by atoms with E-state index in [1.54, 1.807) is 0 Å². The normalized spacial score (nSPS) is 18.0. The Balaban J connectivity index is 1.75. The SMILES string of the molecule is NCCCN1CCN(C(c2ccccc2)c2ccccn2)CC1. The molecule has 3 rings (SSSR count). The minimum Gasteiger partial charge on any atom is -0.330 e. The van der Waals surface area contributed by atoms with Gasteiger partial charge in [-0.25, -0.2) is 0 Å². The number of benzene rings is 1. The summed E-state index contributed by atoms with van der Waals surface area (Å²) >= 11 is 0. The molecule has 0 aliphatic carbocycles.